The number of benzene rings is 2. The van der Waals surface area contributed by atoms with E-state index in [0.717, 1.165) is 4.31 Å². The van der Waals surface area contributed by atoms with Crippen LogP contribution in [0, 0.1) is 11.3 Å². The van der Waals surface area contributed by atoms with Gasteiger partial charge in [-0.2, -0.15) is 5.26 Å². The first-order valence-electron chi connectivity index (χ1n) is 6.43. The van der Waals surface area contributed by atoms with Gasteiger partial charge < -0.3 is 9.84 Å². The van der Waals surface area contributed by atoms with Crippen molar-refractivity contribution in [1.29, 1.82) is 5.26 Å². The Morgan fingerprint density at radius 1 is 1.30 bits per heavy atom. The predicted molar refractivity (Wildman–Crippen MR) is 90.7 cm³/mol. The molecule has 114 valence electrons. The summed E-state index contributed by atoms with van der Waals surface area (Å²) in [7, 11) is 0. The fourth-order valence-corrected chi connectivity index (χ4v) is 2.31. The SMILES string of the molecule is N#Cc1ccc(NC(=O)N(S)c2noc3cc(Cl)ccc23)cc1. The molecule has 1 aromatic heterocycles. The molecule has 8 heteroatoms. The van der Waals surface area contributed by atoms with Gasteiger partial charge in [0, 0.05) is 16.8 Å². The number of hydrogen-bond acceptors (Lipinski definition) is 5. The number of nitriles is 1. The summed E-state index contributed by atoms with van der Waals surface area (Å²) >= 11 is 10.0. The quantitative estimate of drug-likeness (QED) is 0.681. The van der Waals surface area contributed by atoms with E-state index in [1.54, 1.807) is 42.5 Å². The summed E-state index contributed by atoms with van der Waals surface area (Å²) < 4.78 is 6.18. The highest BCUT2D eigenvalue weighted by Crippen LogP contribution is 2.29. The molecular formula is C15H9ClN4O2S. The minimum atomic E-state index is -0.511. The van der Waals surface area contributed by atoms with Crippen LogP contribution in [0.15, 0.2) is 47.0 Å². The third kappa shape index (κ3) is 3.08. The van der Waals surface area contributed by atoms with E-state index >= 15 is 0 Å². The number of amides is 2. The van der Waals surface area contributed by atoms with Gasteiger partial charge in [0.2, 0.25) is 0 Å². The lowest BCUT2D eigenvalue weighted by atomic mass is 10.2. The number of thiol groups is 1. The molecule has 3 rings (SSSR count). The highest BCUT2D eigenvalue weighted by molar-refractivity contribution is 7.82. The molecule has 0 spiro atoms. The average Bonchev–Trinajstić information content (AvgIpc) is 2.97. The van der Waals surface area contributed by atoms with E-state index < -0.39 is 6.03 Å². The first-order chi connectivity index (χ1) is 11.1. The summed E-state index contributed by atoms with van der Waals surface area (Å²) in [4.78, 5) is 12.2. The third-order valence-corrected chi connectivity index (χ3v) is 3.68. The van der Waals surface area contributed by atoms with Crippen molar-refractivity contribution in [3.8, 4) is 6.07 Å². The molecule has 0 unspecified atom stereocenters. The first kappa shape index (κ1) is 15.2. The summed E-state index contributed by atoms with van der Waals surface area (Å²) in [6.07, 6.45) is 0. The summed E-state index contributed by atoms with van der Waals surface area (Å²) in [5.41, 5.74) is 1.49. The number of fused-ring (bicyclic) bond motifs is 1. The fourth-order valence-electron chi connectivity index (χ4n) is 1.95. The Labute approximate surface area is 141 Å². The number of halogens is 1. The van der Waals surface area contributed by atoms with Gasteiger partial charge in [0.15, 0.2) is 11.4 Å². The Morgan fingerprint density at radius 3 is 2.74 bits per heavy atom. The number of urea groups is 1. The molecule has 0 aliphatic rings. The van der Waals surface area contributed by atoms with E-state index in [9.17, 15) is 4.79 Å². The van der Waals surface area contributed by atoms with E-state index in [4.69, 9.17) is 21.4 Å². The monoisotopic (exact) mass is 344 g/mol. The lowest BCUT2D eigenvalue weighted by molar-refractivity contribution is 0.260. The van der Waals surface area contributed by atoms with E-state index in [0.29, 0.717) is 27.2 Å². The molecule has 0 radical (unpaired) electrons. The van der Waals surface area contributed by atoms with Crippen molar-refractivity contribution in [3.05, 3.63) is 53.1 Å². The minimum absolute atomic E-state index is 0.256. The summed E-state index contributed by atoms with van der Waals surface area (Å²) in [5.74, 6) is 0.256. The molecule has 6 nitrogen and oxygen atoms in total. The molecule has 3 aromatic rings. The van der Waals surface area contributed by atoms with Crippen LogP contribution >= 0.6 is 24.4 Å². The number of rotatable bonds is 2. The Morgan fingerprint density at radius 2 is 2.04 bits per heavy atom. The molecule has 2 amide bonds. The maximum Gasteiger partial charge on any atom is 0.337 e. The van der Waals surface area contributed by atoms with Crippen molar-refractivity contribution in [2.24, 2.45) is 0 Å². The largest absolute Gasteiger partial charge is 0.354 e. The van der Waals surface area contributed by atoms with Crippen LogP contribution in [0.25, 0.3) is 11.0 Å². The highest BCUT2D eigenvalue weighted by Gasteiger charge is 2.19. The van der Waals surface area contributed by atoms with Crippen LogP contribution in [-0.2, 0) is 0 Å². The number of carbonyl (C=O) groups is 1. The fraction of sp³-hybridized carbons (Fsp3) is 0. The zero-order chi connectivity index (χ0) is 16.4. The molecule has 1 N–H and O–H groups in total. The second-order valence-corrected chi connectivity index (χ2v) is 5.41. The van der Waals surface area contributed by atoms with Crippen LogP contribution in [0.5, 0.6) is 0 Å². The minimum Gasteiger partial charge on any atom is -0.354 e. The van der Waals surface area contributed by atoms with Gasteiger partial charge in [0.1, 0.15) is 0 Å². The molecule has 0 aliphatic carbocycles. The van der Waals surface area contributed by atoms with Gasteiger partial charge in [0.25, 0.3) is 0 Å². The second kappa shape index (κ2) is 6.20. The summed E-state index contributed by atoms with van der Waals surface area (Å²) in [6, 6.07) is 12.9. The van der Waals surface area contributed by atoms with Gasteiger partial charge in [-0.05, 0) is 36.4 Å². The second-order valence-electron chi connectivity index (χ2n) is 4.58. The van der Waals surface area contributed by atoms with Crippen LogP contribution in [0.2, 0.25) is 5.02 Å². The molecule has 0 atom stereocenters. The number of hydrogen-bond donors (Lipinski definition) is 2. The van der Waals surface area contributed by atoms with Crippen molar-refractivity contribution in [1.82, 2.24) is 5.16 Å². The molecular weight excluding hydrogens is 336 g/mol. The van der Waals surface area contributed by atoms with E-state index in [1.165, 1.54) is 0 Å². The number of nitrogens with zero attached hydrogens (tertiary/aromatic N) is 3. The topological polar surface area (TPSA) is 82.2 Å². The number of nitrogens with one attached hydrogen (secondary N) is 1. The van der Waals surface area contributed by atoms with Crippen LogP contribution in [0.4, 0.5) is 16.3 Å². The maximum absolute atomic E-state index is 12.2. The lowest BCUT2D eigenvalue weighted by Gasteiger charge is -2.13. The zero-order valence-electron chi connectivity index (χ0n) is 11.5. The van der Waals surface area contributed by atoms with Gasteiger partial charge in [-0.15, -0.1) is 0 Å². The van der Waals surface area contributed by atoms with E-state index in [-0.39, 0.29) is 5.82 Å². The first-order valence-corrected chi connectivity index (χ1v) is 7.21. The zero-order valence-corrected chi connectivity index (χ0v) is 13.2. The van der Waals surface area contributed by atoms with E-state index in [1.807, 2.05) is 6.07 Å². The number of aromatic nitrogens is 1. The van der Waals surface area contributed by atoms with Crippen molar-refractivity contribution in [3.63, 3.8) is 0 Å². The average molecular weight is 345 g/mol. The molecule has 0 fully saturated rings. The Kier molecular flexibility index (Phi) is 4.10. The predicted octanol–water partition coefficient (Wildman–Crippen LogP) is 4.24. The standard InChI is InChI=1S/C15H9ClN4O2S/c16-10-3-6-12-13(7-10)22-19-14(12)20(23)15(21)18-11-4-1-9(8-17)2-5-11/h1-7,23H,(H,18,21). The highest BCUT2D eigenvalue weighted by atomic mass is 35.5. The molecule has 23 heavy (non-hydrogen) atoms. The Hall–Kier alpha value is -2.69. The molecule has 2 aromatic carbocycles. The number of anilines is 2. The maximum atomic E-state index is 12.2. The normalized spacial score (nSPS) is 10.3. The van der Waals surface area contributed by atoms with Crippen LogP contribution in [-0.4, -0.2) is 11.2 Å². The van der Waals surface area contributed by atoms with Gasteiger partial charge >= 0.3 is 6.03 Å². The van der Waals surface area contributed by atoms with Gasteiger partial charge in [-0.1, -0.05) is 29.6 Å². The molecule has 0 bridgehead atoms. The van der Waals surface area contributed by atoms with Crippen LogP contribution in [0.1, 0.15) is 5.56 Å². The lowest BCUT2D eigenvalue weighted by Crippen LogP contribution is -2.27. The molecule has 0 saturated heterocycles. The summed E-state index contributed by atoms with van der Waals surface area (Å²) in [5, 5.41) is 16.4. The van der Waals surface area contributed by atoms with Crippen molar-refractivity contribution in [2.75, 3.05) is 9.62 Å². The Bertz CT molecular complexity index is 917. The van der Waals surface area contributed by atoms with Gasteiger partial charge in [0.05, 0.1) is 17.0 Å². The third-order valence-electron chi connectivity index (χ3n) is 3.07. The van der Waals surface area contributed by atoms with Crippen molar-refractivity contribution >= 4 is 52.9 Å². The van der Waals surface area contributed by atoms with Gasteiger partial charge in [-0.25, -0.2) is 9.10 Å². The van der Waals surface area contributed by atoms with Crippen LogP contribution in [0.3, 0.4) is 0 Å². The van der Waals surface area contributed by atoms with Crippen molar-refractivity contribution < 1.29 is 9.32 Å². The molecule has 0 aliphatic heterocycles. The van der Waals surface area contributed by atoms with E-state index in [2.05, 4.69) is 23.3 Å². The van der Waals surface area contributed by atoms with Crippen molar-refractivity contribution in [2.45, 2.75) is 0 Å². The molecule has 0 saturated carbocycles. The smallest absolute Gasteiger partial charge is 0.337 e. The Balaban J connectivity index is 1.82. The number of carbonyl (C=O) groups excluding carboxylic acids is 1. The van der Waals surface area contributed by atoms with Gasteiger partial charge in [-0.3, -0.25) is 0 Å². The summed E-state index contributed by atoms with van der Waals surface area (Å²) in [6.45, 7) is 0. The molecule has 1 heterocycles. The van der Waals surface area contributed by atoms with Crippen LogP contribution < -0.4 is 9.62 Å².